The number of hydrogen-bond donors (Lipinski definition) is 0. The molecule has 0 aliphatic rings. The van der Waals surface area contributed by atoms with E-state index in [1.54, 1.807) is 12.1 Å². The van der Waals surface area contributed by atoms with Gasteiger partial charge in [-0.3, -0.25) is 0 Å². The Hall–Kier alpha value is -3.07. The predicted molar refractivity (Wildman–Crippen MR) is 130 cm³/mol. The molecule has 0 N–H and O–H groups in total. The van der Waals surface area contributed by atoms with Crippen LogP contribution in [0.25, 0.3) is 0 Å². The highest BCUT2D eigenvalue weighted by Crippen LogP contribution is 2.37. The van der Waals surface area contributed by atoms with E-state index in [-0.39, 0.29) is 16.8 Å². The van der Waals surface area contributed by atoms with Crippen molar-refractivity contribution in [2.24, 2.45) is 0 Å². The van der Waals surface area contributed by atoms with Crippen LogP contribution in [0.5, 0.6) is 0 Å². The summed E-state index contributed by atoms with van der Waals surface area (Å²) in [6, 6.07) is 24.9. The molecule has 162 valence electrons. The predicted octanol–water partition coefficient (Wildman–Crippen LogP) is 7.54. The second kappa shape index (κ2) is 8.58. The second-order valence-electron chi connectivity index (χ2n) is 9.97. The number of rotatable bonds is 4. The van der Waals surface area contributed by atoms with Gasteiger partial charge in [0.05, 0.1) is 12.7 Å². The zero-order valence-corrected chi connectivity index (χ0v) is 19.7. The van der Waals surface area contributed by atoms with Gasteiger partial charge in [0.25, 0.3) is 0 Å². The minimum atomic E-state index is -0.331. The summed E-state index contributed by atoms with van der Waals surface area (Å²) in [5.74, 6) is -0.331. The monoisotopic (exact) mass is 415 g/mol. The van der Waals surface area contributed by atoms with Gasteiger partial charge < -0.3 is 9.64 Å². The average molecular weight is 416 g/mol. The Kier molecular flexibility index (Phi) is 6.26. The molecule has 3 aromatic carbocycles. The molecule has 0 aliphatic heterocycles. The van der Waals surface area contributed by atoms with E-state index in [1.165, 1.54) is 18.2 Å². The zero-order valence-electron chi connectivity index (χ0n) is 19.7. The molecule has 0 spiro atoms. The number of hydrogen-bond acceptors (Lipinski definition) is 3. The minimum Gasteiger partial charge on any atom is -0.465 e. The maximum atomic E-state index is 11.9. The first kappa shape index (κ1) is 22.6. The fourth-order valence-electron chi connectivity index (χ4n) is 3.53. The highest BCUT2D eigenvalue weighted by atomic mass is 16.5. The van der Waals surface area contributed by atoms with Crippen LogP contribution in [0.2, 0.25) is 0 Å². The summed E-state index contributed by atoms with van der Waals surface area (Å²) >= 11 is 0. The van der Waals surface area contributed by atoms with Crippen LogP contribution >= 0.6 is 0 Å². The Morgan fingerprint density at radius 3 is 1.23 bits per heavy atom. The van der Waals surface area contributed by atoms with E-state index < -0.39 is 0 Å². The molecule has 3 heteroatoms. The number of esters is 1. The van der Waals surface area contributed by atoms with E-state index in [4.69, 9.17) is 4.74 Å². The lowest BCUT2D eigenvalue weighted by atomic mass is 9.86. The molecule has 0 saturated carbocycles. The number of carbonyl (C=O) groups is 1. The first-order chi connectivity index (χ1) is 14.5. The van der Waals surface area contributed by atoms with Crippen molar-refractivity contribution in [2.45, 2.75) is 52.4 Å². The molecule has 0 bridgehead atoms. The molecule has 3 nitrogen and oxygen atoms in total. The van der Waals surface area contributed by atoms with Crippen molar-refractivity contribution in [1.82, 2.24) is 0 Å². The van der Waals surface area contributed by atoms with Gasteiger partial charge in [0.15, 0.2) is 0 Å². The molecule has 0 aromatic heterocycles. The Balaban J connectivity index is 2.07. The van der Waals surface area contributed by atoms with Crippen LogP contribution < -0.4 is 4.90 Å². The van der Waals surface area contributed by atoms with Crippen LogP contribution in [0.15, 0.2) is 72.8 Å². The standard InChI is InChI=1S/C28H33NO2/c1-27(2,3)21-10-16-24(17-11-21)29(23-14-8-20(9-15-23)26(30)31-7)25-18-12-22(13-19-25)28(4,5)6/h8-19H,1-7H3. The van der Waals surface area contributed by atoms with Gasteiger partial charge in [0.1, 0.15) is 0 Å². The van der Waals surface area contributed by atoms with E-state index in [1.807, 2.05) is 12.1 Å². The van der Waals surface area contributed by atoms with Crippen LogP contribution in [0.4, 0.5) is 17.1 Å². The molecule has 0 heterocycles. The van der Waals surface area contributed by atoms with E-state index >= 15 is 0 Å². The SMILES string of the molecule is COC(=O)c1ccc(N(c2ccc(C(C)(C)C)cc2)c2ccc(C(C)(C)C)cc2)cc1. The minimum absolute atomic E-state index is 0.0971. The molecule has 3 rings (SSSR count). The molecular formula is C28H33NO2. The van der Waals surface area contributed by atoms with Crippen molar-refractivity contribution in [3.8, 4) is 0 Å². The van der Waals surface area contributed by atoms with Gasteiger partial charge in [-0.15, -0.1) is 0 Å². The van der Waals surface area contributed by atoms with Crippen LogP contribution in [0.3, 0.4) is 0 Å². The Morgan fingerprint density at radius 2 is 0.935 bits per heavy atom. The molecule has 0 atom stereocenters. The average Bonchev–Trinajstić information content (AvgIpc) is 2.73. The summed E-state index contributed by atoms with van der Waals surface area (Å²) in [5, 5.41) is 0. The fraction of sp³-hybridized carbons (Fsp3) is 0.321. The summed E-state index contributed by atoms with van der Waals surface area (Å²) < 4.78 is 4.84. The van der Waals surface area contributed by atoms with Gasteiger partial charge in [-0.1, -0.05) is 65.8 Å². The third kappa shape index (κ3) is 5.16. The molecule has 0 unspecified atom stereocenters. The number of benzene rings is 3. The number of nitrogens with zero attached hydrogens (tertiary/aromatic N) is 1. The molecule has 0 fully saturated rings. The number of ether oxygens (including phenoxy) is 1. The van der Waals surface area contributed by atoms with E-state index in [0.29, 0.717) is 5.56 Å². The fourth-order valence-corrected chi connectivity index (χ4v) is 3.53. The maximum absolute atomic E-state index is 11.9. The lowest BCUT2D eigenvalue weighted by molar-refractivity contribution is 0.0601. The Bertz CT molecular complexity index is 961. The van der Waals surface area contributed by atoms with Crippen LogP contribution in [-0.4, -0.2) is 13.1 Å². The first-order valence-electron chi connectivity index (χ1n) is 10.7. The Morgan fingerprint density at radius 1 is 0.613 bits per heavy atom. The molecular weight excluding hydrogens is 382 g/mol. The van der Waals surface area contributed by atoms with Crippen molar-refractivity contribution in [3.63, 3.8) is 0 Å². The third-order valence-corrected chi connectivity index (χ3v) is 5.53. The smallest absolute Gasteiger partial charge is 0.337 e. The van der Waals surface area contributed by atoms with Crippen LogP contribution in [0.1, 0.15) is 63.0 Å². The lowest BCUT2D eigenvalue weighted by Gasteiger charge is -2.28. The molecule has 0 amide bonds. The van der Waals surface area contributed by atoms with Crippen LogP contribution in [0, 0.1) is 0 Å². The van der Waals surface area contributed by atoms with E-state index in [2.05, 4.69) is 95.0 Å². The van der Waals surface area contributed by atoms with Crippen molar-refractivity contribution in [3.05, 3.63) is 89.5 Å². The van der Waals surface area contributed by atoms with Crippen molar-refractivity contribution >= 4 is 23.0 Å². The molecule has 3 aromatic rings. The number of methoxy groups -OCH3 is 1. The molecule has 31 heavy (non-hydrogen) atoms. The van der Waals surface area contributed by atoms with Gasteiger partial charge in [0, 0.05) is 17.1 Å². The molecule has 0 saturated heterocycles. The van der Waals surface area contributed by atoms with Gasteiger partial charge in [-0.2, -0.15) is 0 Å². The number of anilines is 3. The quantitative estimate of drug-likeness (QED) is 0.412. The van der Waals surface area contributed by atoms with Crippen LogP contribution in [-0.2, 0) is 15.6 Å². The van der Waals surface area contributed by atoms with Gasteiger partial charge in [-0.25, -0.2) is 4.79 Å². The number of carbonyl (C=O) groups excluding carboxylic acids is 1. The van der Waals surface area contributed by atoms with Gasteiger partial charge >= 0.3 is 5.97 Å². The topological polar surface area (TPSA) is 29.5 Å². The Labute approximate surface area is 186 Å². The highest BCUT2D eigenvalue weighted by Gasteiger charge is 2.18. The van der Waals surface area contributed by atoms with E-state index in [9.17, 15) is 4.79 Å². The van der Waals surface area contributed by atoms with Crippen molar-refractivity contribution in [1.29, 1.82) is 0 Å². The largest absolute Gasteiger partial charge is 0.465 e. The van der Waals surface area contributed by atoms with Gasteiger partial charge in [-0.05, 0) is 70.5 Å². The first-order valence-corrected chi connectivity index (χ1v) is 10.7. The molecule has 0 radical (unpaired) electrons. The highest BCUT2D eigenvalue weighted by molar-refractivity contribution is 5.90. The summed E-state index contributed by atoms with van der Waals surface area (Å²) in [6.45, 7) is 13.3. The van der Waals surface area contributed by atoms with Gasteiger partial charge in [0.2, 0.25) is 0 Å². The normalized spacial score (nSPS) is 11.8. The summed E-state index contributed by atoms with van der Waals surface area (Å²) in [7, 11) is 1.40. The summed E-state index contributed by atoms with van der Waals surface area (Å²) in [4.78, 5) is 14.1. The summed E-state index contributed by atoms with van der Waals surface area (Å²) in [6.07, 6.45) is 0. The van der Waals surface area contributed by atoms with E-state index in [0.717, 1.165) is 17.1 Å². The maximum Gasteiger partial charge on any atom is 0.337 e. The lowest BCUT2D eigenvalue weighted by Crippen LogP contribution is -2.14. The van der Waals surface area contributed by atoms with Crippen molar-refractivity contribution in [2.75, 3.05) is 12.0 Å². The van der Waals surface area contributed by atoms with Crippen molar-refractivity contribution < 1.29 is 9.53 Å². The third-order valence-electron chi connectivity index (χ3n) is 5.53. The molecule has 0 aliphatic carbocycles. The second-order valence-corrected chi connectivity index (χ2v) is 9.97. The zero-order chi connectivity index (χ0) is 22.8. The summed E-state index contributed by atoms with van der Waals surface area (Å²) in [5.41, 5.74) is 6.45.